The van der Waals surface area contributed by atoms with Gasteiger partial charge in [0.1, 0.15) is 12.1 Å². The third-order valence-electron chi connectivity index (χ3n) is 2.83. The molecule has 0 spiro atoms. The minimum atomic E-state index is -0.790. The minimum Gasteiger partial charge on any atom is -0.366 e. The van der Waals surface area contributed by atoms with E-state index < -0.39 is 11.7 Å². The van der Waals surface area contributed by atoms with E-state index in [2.05, 4.69) is 9.97 Å². The monoisotopic (exact) mass is 259 g/mol. The highest BCUT2D eigenvalue weighted by Gasteiger charge is 2.14. The second-order valence-corrected chi connectivity index (χ2v) is 4.54. The van der Waals surface area contributed by atoms with Crippen LogP contribution < -0.4 is 5.73 Å². The van der Waals surface area contributed by atoms with E-state index >= 15 is 0 Å². The second-order valence-electron chi connectivity index (χ2n) is 4.54. The van der Waals surface area contributed by atoms with Crippen LogP contribution in [-0.4, -0.2) is 15.9 Å². The van der Waals surface area contributed by atoms with Crippen molar-refractivity contribution < 1.29 is 9.18 Å². The maximum atomic E-state index is 13.5. The van der Waals surface area contributed by atoms with Gasteiger partial charge in [0.2, 0.25) is 0 Å². The van der Waals surface area contributed by atoms with Gasteiger partial charge in [-0.3, -0.25) is 4.79 Å². The van der Waals surface area contributed by atoms with Crippen molar-refractivity contribution in [2.45, 2.75) is 19.8 Å². The lowest BCUT2D eigenvalue weighted by molar-refractivity contribution is 0.0996. The first-order valence-corrected chi connectivity index (χ1v) is 5.90. The van der Waals surface area contributed by atoms with E-state index in [9.17, 15) is 9.18 Å². The van der Waals surface area contributed by atoms with Gasteiger partial charge in [-0.1, -0.05) is 19.9 Å². The fourth-order valence-electron chi connectivity index (χ4n) is 1.90. The van der Waals surface area contributed by atoms with Crippen LogP contribution in [0.1, 0.15) is 35.8 Å². The molecule has 0 aliphatic rings. The smallest absolute Gasteiger partial charge is 0.251 e. The van der Waals surface area contributed by atoms with Crippen molar-refractivity contribution >= 4 is 5.91 Å². The van der Waals surface area contributed by atoms with Crippen molar-refractivity contribution in [3.05, 3.63) is 47.8 Å². The number of benzene rings is 1. The van der Waals surface area contributed by atoms with Crippen molar-refractivity contribution in [2.24, 2.45) is 5.73 Å². The Hall–Kier alpha value is -2.30. The molecule has 19 heavy (non-hydrogen) atoms. The molecule has 98 valence electrons. The first kappa shape index (κ1) is 13.1. The molecule has 1 aromatic carbocycles. The lowest BCUT2D eigenvalue weighted by Crippen LogP contribution is -2.13. The number of hydrogen-bond acceptors (Lipinski definition) is 3. The average Bonchev–Trinajstić information content (AvgIpc) is 2.39. The van der Waals surface area contributed by atoms with Crippen molar-refractivity contribution in [1.82, 2.24) is 9.97 Å². The molecule has 0 bridgehead atoms. The van der Waals surface area contributed by atoms with Crippen molar-refractivity contribution in [2.75, 3.05) is 0 Å². The Morgan fingerprint density at radius 2 is 2.11 bits per heavy atom. The third kappa shape index (κ3) is 2.59. The molecule has 5 heteroatoms. The number of nitrogens with two attached hydrogens (primary N) is 1. The van der Waals surface area contributed by atoms with Gasteiger partial charge in [-0.15, -0.1) is 0 Å². The van der Waals surface area contributed by atoms with Gasteiger partial charge in [-0.05, 0) is 23.6 Å². The number of primary amides is 1. The molecule has 0 fully saturated rings. The highest BCUT2D eigenvalue weighted by molar-refractivity contribution is 5.94. The first-order valence-electron chi connectivity index (χ1n) is 5.90. The molecule has 0 saturated heterocycles. The molecule has 1 amide bonds. The van der Waals surface area contributed by atoms with Gasteiger partial charge in [0.15, 0.2) is 0 Å². The summed E-state index contributed by atoms with van der Waals surface area (Å²) >= 11 is 0. The molecule has 1 heterocycles. The van der Waals surface area contributed by atoms with Crippen LogP contribution in [0.4, 0.5) is 4.39 Å². The molecular weight excluding hydrogens is 245 g/mol. The Balaban J connectivity index is 2.60. The zero-order valence-electron chi connectivity index (χ0n) is 10.7. The molecular formula is C14H14FN3O. The zero-order chi connectivity index (χ0) is 14.0. The summed E-state index contributed by atoms with van der Waals surface area (Å²) in [6.07, 6.45) is 3.12. The summed E-state index contributed by atoms with van der Waals surface area (Å²) in [7, 11) is 0. The number of halogens is 1. The van der Waals surface area contributed by atoms with Crippen LogP contribution in [-0.2, 0) is 0 Å². The Bertz CT molecular complexity index is 626. The zero-order valence-corrected chi connectivity index (χ0v) is 10.7. The van der Waals surface area contributed by atoms with Crippen LogP contribution in [0.5, 0.6) is 0 Å². The van der Waals surface area contributed by atoms with Gasteiger partial charge in [0.05, 0.1) is 11.3 Å². The number of nitrogens with zero attached hydrogens (tertiary/aromatic N) is 2. The van der Waals surface area contributed by atoms with Gasteiger partial charge >= 0.3 is 0 Å². The van der Waals surface area contributed by atoms with Crippen LogP contribution in [0.15, 0.2) is 30.7 Å². The summed E-state index contributed by atoms with van der Waals surface area (Å²) in [6.45, 7) is 4.01. The van der Waals surface area contributed by atoms with Crippen LogP contribution in [0, 0.1) is 5.82 Å². The fraction of sp³-hybridized carbons (Fsp3) is 0.214. The molecule has 0 saturated carbocycles. The minimum absolute atomic E-state index is 0.129. The van der Waals surface area contributed by atoms with Crippen LogP contribution in [0.25, 0.3) is 11.1 Å². The predicted octanol–water partition coefficient (Wildman–Crippen LogP) is 2.50. The fourth-order valence-corrected chi connectivity index (χ4v) is 1.90. The quantitative estimate of drug-likeness (QED) is 0.920. The van der Waals surface area contributed by atoms with Gasteiger partial charge in [0.25, 0.3) is 5.91 Å². The number of carbonyl (C=O) groups excluding carboxylic acids is 1. The molecule has 2 aromatic rings. The van der Waals surface area contributed by atoms with Gasteiger partial charge < -0.3 is 5.73 Å². The maximum absolute atomic E-state index is 13.5. The van der Waals surface area contributed by atoms with Crippen molar-refractivity contribution in [3.8, 4) is 11.1 Å². The number of hydrogen-bond donors (Lipinski definition) is 1. The summed E-state index contributed by atoms with van der Waals surface area (Å²) in [4.78, 5) is 19.4. The Morgan fingerprint density at radius 1 is 1.37 bits per heavy atom. The summed E-state index contributed by atoms with van der Waals surface area (Å²) < 4.78 is 13.5. The lowest BCUT2D eigenvalue weighted by Gasteiger charge is -2.11. The van der Waals surface area contributed by atoms with E-state index in [0.717, 1.165) is 11.3 Å². The average molecular weight is 259 g/mol. The molecule has 0 unspecified atom stereocenters. The third-order valence-corrected chi connectivity index (χ3v) is 2.83. The predicted molar refractivity (Wildman–Crippen MR) is 70.0 cm³/mol. The molecule has 2 N–H and O–H groups in total. The summed E-state index contributed by atoms with van der Waals surface area (Å²) in [6, 6.07) is 4.25. The number of rotatable bonds is 3. The Morgan fingerprint density at radius 3 is 2.74 bits per heavy atom. The van der Waals surface area contributed by atoms with Crippen LogP contribution in [0.3, 0.4) is 0 Å². The maximum Gasteiger partial charge on any atom is 0.251 e. The second kappa shape index (κ2) is 5.14. The summed E-state index contributed by atoms with van der Waals surface area (Å²) in [5.41, 5.74) is 7.32. The summed E-state index contributed by atoms with van der Waals surface area (Å²) in [5.74, 6) is -1.22. The van der Waals surface area contributed by atoms with E-state index in [4.69, 9.17) is 5.73 Å². The highest BCUT2D eigenvalue weighted by Crippen LogP contribution is 2.27. The van der Waals surface area contributed by atoms with Crippen LogP contribution in [0.2, 0.25) is 0 Å². The van der Waals surface area contributed by atoms with Crippen molar-refractivity contribution in [3.63, 3.8) is 0 Å². The van der Waals surface area contributed by atoms with E-state index in [-0.39, 0.29) is 11.5 Å². The van der Waals surface area contributed by atoms with Crippen LogP contribution >= 0.6 is 0 Å². The molecule has 0 aliphatic heterocycles. The molecule has 0 atom stereocenters. The van der Waals surface area contributed by atoms with Gasteiger partial charge in [0, 0.05) is 11.8 Å². The topological polar surface area (TPSA) is 68.9 Å². The molecule has 1 aromatic heterocycles. The van der Waals surface area contributed by atoms with Gasteiger partial charge in [-0.25, -0.2) is 14.4 Å². The molecule has 0 aliphatic carbocycles. The largest absolute Gasteiger partial charge is 0.366 e. The lowest BCUT2D eigenvalue weighted by atomic mass is 9.97. The SMILES string of the molecule is CC(C)c1ncncc1-c1ccc(F)c(C(N)=O)c1. The van der Waals surface area contributed by atoms with Crippen molar-refractivity contribution in [1.29, 1.82) is 0 Å². The highest BCUT2D eigenvalue weighted by atomic mass is 19.1. The Labute approximate surface area is 110 Å². The van der Waals surface area contributed by atoms with E-state index in [1.807, 2.05) is 13.8 Å². The van der Waals surface area contributed by atoms with E-state index in [1.54, 1.807) is 12.3 Å². The number of aromatic nitrogens is 2. The molecule has 2 rings (SSSR count). The van der Waals surface area contributed by atoms with Gasteiger partial charge in [-0.2, -0.15) is 0 Å². The first-order chi connectivity index (χ1) is 9.00. The number of carbonyl (C=O) groups is 1. The Kier molecular flexibility index (Phi) is 3.55. The normalized spacial score (nSPS) is 10.7. The van der Waals surface area contributed by atoms with E-state index in [1.165, 1.54) is 18.5 Å². The molecule has 4 nitrogen and oxygen atoms in total. The number of amides is 1. The molecule has 0 radical (unpaired) electrons. The van der Waals surface area contributed by atoms with E-state index in [0.29, 0.717) is 5.56 Å². The summed E-state index contributed by atoms with van der Waals surface area (Å²) in [5, 5.41) is 0. The standard InChI is InChI=1S/C14H14FN3O/c1-8(2)13-11(6-17-7-18-13)9-3-4-12(15)10(5-9)14(16)19/h3-8H,1-2H3,(H2,16,19).